The summed E-state index contributed by atoms with van der Waals surface area (Å²) in [4.78, 5) is 9.02. The SMILES string of the molecule is CCNC(=NCc1ccccn1)NCC1(c2ccccc2Cl)CCOCC1. The van der Waals surface area contributed by atoms with Gasteiger partial charge in [-0.2, -0.15) is 0 Å². The molecule has 0 aliphatic carbocycles. The Bertz CT molecular complexity index is 745. The molecule has 1 aromatic heterocycles. The number of guanidine groups is 1. The molecule has 2 heterocycles. The van der Waals surface area contributed by atoms with E-state index in [2.05, 4.69) is 39.7 Å². The number of aliphatic imine (C=N–C) groups is 1. The Hall–Kier alpha value is -2.11. The molecule has 0 spiro atoms. The highest BCUT2D eigenvalue weighted by Gasteiger charge is 2.36. The number of halogens is 1. The van der Waals surface area contributed by atoms with Gasteiger partial charge in [-0.05, 0) is 43.5 Å². The average molecular weight is 387 g/mol. The fourth-order valence-electron chi connectivity index (χ4n) is 3.44. The summed E-state index contributed by atoms with van der Waals surface area (Å²) in [6.45, 7) is 5.65. The lowest BCUT2D eigenvalue weighted by molar-refractivity contribution is 0.0514. The molecule has 27 heavy (non-hydrogen) atoms. The maximum Gasteiger partial charge on any atom is 0.191 e. The first-order chi connectivity index (χ1) is 13.2. The Kier molecular flexibility index (Phi) is 7.07. The van der Waals surface area contributed by atoms with Crippen molar-refractivity contribution in [1.29, 1.82) is 0 Å². The molecular formula is C21H27ClN4O. The van der Waals surface area contributed by atoms with Gasteiger partial charge in [-0.15, -0.1) is 0 Å². The molecule has 0 unspecified atom stereocenters. The quantitative estimate of drug-likeness (QED) is 0.589. The van der Waals surface area contributed by atoms with Gasteiger partial charge in [0, 0.05) is 42.9 Å². The Labute approximate surface area is 166 Å². The molecule has 3 rings (SSSR count). The van der Waals surface area contributed by atoms with Crippen LogP contribution in [0.1, 0.15) is 31.0 Å². The van der Waals surface area contributed by atoms with Gasteiger partial charge in [-0.3, -0.25) is 4.98 Å². The molecule has 0 amide bonds. The third kappa shape index (κ3) is 5.21. The first kappa shape index (κ1) is 19.6. The van der Waals surface area contributed by atoms with Gasteiger partial charge >= 0.3 is 0 Å². The van der Waals surface area contributed by atoms with Crippen LogP contribution in [0, 0.1) is 0 Å². The average Bonchev–Trinajstić information content (AvgIpc) is 2.72. The van der Waals surface area contributed by atoms with Gasteiger partial charge in [0.05, 0.1) is 12.2 Å². The number of hydrogen-bond donors (Lipinski definition) is 2. The third-order valence-corrected chi connectivity index (χ3v) is 5.29. The van der Waals surface area contributed by atoms with E-state index in [1.54, 1.807) is 6.20 Å². The first-order valence-corrected chi connectivity index (χ1v) is 9.86. The minimum Gasteiger partial charge on any atom is -0.381 e. The number of nitrogens with one attached hydrogen (secondary N) is 2. The normalized spacial score (nSPS) is 16.7. The highest BCUT2D eigenvalue weighted by atomic mass is 35.5. The molecule has 6 heteroatoms. The Balaban J connectivity index is 1.75. The van der Waals surface area contributed by atoms with Crippen molar-refractivity contribution >= 4 is 17.6 Å². The molecule has 1 aliphatic rings. The number of pyridine rings is 1. The third-order valence-electron chi connectivity index (χ3n) is 4.96. The molecule has 0 saturated carbocycles. The number of rotatable bonds is 6. The van der Waals surface area contributed by atoms with Crippen molar-refractivity contribution in [3.63, 3.8) is 0 Å². The van der Waals surface area contributed by atoms with E-state index in [1.165, 1.54) is 5.56 Å². The second kappa shape index (κ2) is 9.72. The van der Waals surface area contributed by atoms with Crippen molar-refractivity contribution < 1.29 is 4.74 Å². The van der Waals surface area contributed by atoms with E-state index in [4.69, 9.17) is 16.3 Å². The second-order valence-electron chi connectivity index (χ2n) is 6.74. The van der Waals surface area contributed by atoms with E-state index in [0.29, 0.717) is 6.54 Å². The molecule has 1 saturated heterocycles. The van der Waals surface area contributed by atoms with Crippen LogP contribution in [0.5, 0.6) is 0 Å². The molecule has 0 atom stereocenters. The van der Waals surface area contributed by atoms with Gasteiger partial charge < -0.3 is 15.4 Å². The minimum absolute atomic E-state index is 0.0578. The lowest BCUT2D eigenvalue weighted by Crippen LogP contribution is -2.48. The highest BCUT2D eigenvalue weighted by Crippen LogP contribution is 2.38. The van der Waals surface area contributed by atoms with Crippen LogP contribution in [0.4, 0.5) is 0 Å². The summed E-state index contributed by atoms with van der Waals surface area (Å²) in [7, 11) is 0. The van der Waals surface area contributed by atoms with Crippen molar-refractivity contribution in [1.82, 2.24) is 15.6 Å². The summed E-state index contributed by atoms with van der Waals surface area (Å²) in [6, 6.07) is 14.0. The fourth-order valence-corrected chi connectivity index (χ4v) is 3.78. The zero-order valence-electron chi connectivity index (χ0n) is 15.7. The summed E-state index contributed by atoms with van der Waals surface area (Å²) in [5.74, 6) is 0.793. The largest absolute Gasteiger partial charge is 0.381 e. The van der Waals surface area contributed by atoms with Crippen LogP contribution in [0.25, 0.3) is 0 Å². The number of ether oxygens (including phenoxy) is 1. The lowest BCUT2D eigenvalue weighted by atomic mass is 9.74. The van der Waals surface area contributed by atoms with Crippen LogP contribution in [-0.4, -0.2) is 37.2 Å². The molecule has 1 fully saturated rings. The van der Waals surface area contributed by atoms with E-state index in [-0.39, 0.29) is 5.41 Å². The number of nitrogens with zero attached hydrogens (tertiary/aromatic N) is 2. The summed E-state index contributed by atoms with van der Waals surface area (Å²) in [5, 5.41) is 7.66. The summed E-state index contributed by atoms with van der Waals surface area (Å²) < 4.78 is 5.62. The predicted octanol–water partition coefficient (Wildman–Crippen LogP) is 3.54. The van der Waals surface area contributed by atoms with Gasteiger partial charge in [0.25, 0.3) is 0 Å². The van der Waals surface area contributed by atoms with Crippen LogP contribution in [0.3, 0.4) is 0 Å². The van der Waals surface area contributed by atoms with Gasteiger partial charge in [0.1, 0.15) is 0 Å². The van der Waals surface area contributed by atoms with Crippen LogP contribution >= 0.6 is 11.6 Å². The minimum atomic E-state index is -0.0578. The number of aromatic nitrogens is 1. The summed E-state index contributed by atoms with van der Waals surface area (Å²) in [5.41, 5.74) is 2.07. The zero-order valence-corrected chi connectivity index (χ0v) is 16.5. The van der Waals surface area contributed by atoms with Crippen molar-refractivity contribution in [3.05, 3.63) is 64.9 Å². The van der Waals surface area contributed by atoms with E-state index < -0.39 is 0 Å². The van der Waals surface area contributed by atoms with E-state index in [0.717, 1.165) is 55.8 Å². The van der Waals surface area contributed by atoms with E-state index >= 15 is 0 Å². The summed E-state index contributed by atoms with van der Waals surface area (Å²) in [6.07, 6.45) is 3.66. The van der Waals surface area contributed by atoms with E-state index in [9.17, 15) is 0 Å². The van der Waals surface area contributed by atoms with Gasteiger partial charge in [0.15, 0.2) is 5.96 Å². The Morgan fingerprint density at radius 3 is 2.63 bits per heavy atom. The molecule has 144 valence electrons. The zero-order chi connectivity index (χ0) is 19.0. The fraction of sp³-hybridized carbons (Fsp3) is 0.429. The van der Waals surface area contributed by atoms with Gasteiger partial charge in [0.2, 0.25) is 0 Å². The van der Waals surface area contributed by atoms with Crippen molar-refractivity contribution in [2.45, 2.75) is 31.7 Å². The van der Waals surface area contributed by atoms with E-state index in [1.807, 2.05) is 30.3 Å². The molecule has 0 radical (unpaired) electrons. The summed E-state index contributed by atoms with van der Waals surface area (Å²) >= 11 is 6.54. The van der Waals surface area contributed by atoms with Crippen molar-refractivity contribution in [2.75, 3.05) is 26.3 Å². The molecule has 2 aromatic rings. The first-order valence-electron chi connectivity index (χ1n) is 9.48. The molecule has 5 nitrogen and oxygen atoms in total. The molecular weight excluding hydrogens is 360 g/mol. The van der Waals surface area contributed by atoms with Gasteiger partial charge in [-0.1, -0.05) is 35.9 Å². The van der Waals surface area contributed by atoms with Crippen molar-refractivity contribution in [3.8, 4) is 0 Å². The maximum absolute atomic E-state index is 6.54. The monoisotopic (exact) mass is 386 g/mol. The van der Waals surface area contributed by atoms with Crippen LogP contribution in [0.2, 0.25) is 5.02 Å². The molecule has 2 N–H and O–H groups in total. The van der Waals surface area contributed by atoms with Crippen LogP contribution < -0.4 is 10.6 Å². The Morgan fingerprint density at radius 2 is 1.93 bits per heavy atom. The van der Waals surface area contributed by atoms with Crippen molar-refractivity contribution in [2.24, 2.45) is 4.99 Å². The molecule has 1 aliphatic heterocycles. The lowest BCUT2D eigenvalue weighted by Gasteiger charge is -2.38. The van der Waals surface area contributed by atoms with Gasteiger partial charge in [-0.25, -0.2) is 4.99 Å². The van der Waals surface area contributed by atoms with Crippen LogP contribution in [-0.2, 0) is 16.7 Å². The predicted molar refractivity (Wildman–Crippen MR) is 110 cm³/mol. The number of benzene rings is 1. The molecule has 0 bridgehead atoms. The molecule has 1 aromatic carbocycles. The highest BCUT2D eigenvalue weighted by molar-refractivity contribution is 6.31. The second-order valence-corrected chi connectivity index (χ2v) is 7.15. The Morgan fingerprint density at radius 1 is 1.15 bits per heavy atom. The standard InChI is InChI=1S/C21H27ClN4O/c1-2-23-20(25-15-17-7-5-6-12-24-17)26-16-21(10-13-27-14-11-21)18-8-3-4-9-19(18)22/h3-9,12H,2,10-11,13-16H2,1H3,(H2,23,25,26). The topological polar surface area (TPSA) is 58.5 Å². The maximum atomic E-state index is 6.54. The smallest absolute Gasteiger partial charge is 0.191 e. The van der Waals surface area contributed by atoms with Crippen LogP contribution in [0.15, 0.2) is 53.7 Å². The number of hydrogen-bond acceptors (Lipinski definition) is 3.